The molecule has 0 saturated heterocycles. The minimum absolute atomic E-state index is 0.350. The van der Waals surface area contributed by atoms with Crippen LogP contribution in [0.2, 0.25) is 0 Å². The average Bonchev–Trinajstić information content (AvgIpc) is 2.24. The number of rotatable bonds is 4. The summed E-state index contributed by atoms with van der Waals surface area (Å²) in [5, 5.41) is 3.51. The maximum atomic E-state index is 4.11. The van der Waals surface area contributed by atoms with E-state index in [0.29, 0.717) is 10.8 Å². The SMILES string of the molecule is CCNCC1(c2ccncc2)CC(C)(C)C1. The van der Waals surface area contributed by atoms with Gasteiger partial charge in [-0.1, -0.05) is 20.8 Å². The number of nitrogens with one attached hydrogen (secondary N) is 1. The molecule has 1 aromatic heterocycles. The predicted molar refractivity (Wildman–Crippen MR) is 67.5 cm³/mol. The van der Waals surface area contributed by atoms with E-state index in [4.69, 9.17) is 0 Å². The fourth-order valence-corrected chi connectivity index (χ4v) is 3.28. The molecular weight excluding hydrogens is 196 g/mol. The van der Waals surface area contributed by atoms with Gasteiger partial charge in [0.25, 0.3) is 0 Å². The highest BCUT2D eigenvalue weighted by Gasteiger charge is 2.49. The van der Waals surface area contributed by atoms with E-state index < -0.39 is 0 Å². The largest absolute Gasteiger partial charge is 0.316 e. The number of hydrogen-bond donors (Lipinski definition) is 1. The smallest absolute Gasteiger partial charge is 0.0270 e. The minimum Gasteiger partial charge on any atom is -0.316 e. The van der Waals surface area contributed by atoms with Crippen molar-refractivity contribution in [3.63, 3.8) is 0 Å². The highest BCUT2D eigenvalue weighted by atomic mass is 14.9. The monoisotopic (exact) mass is 218 g/mol. The normalized spacial score (nSPS) is 21.4. The molecule has 1 heterocycles. The molecule has 1 saturated carbocycles. The van der Waals surface area contributed by atoms with Crippen LogP contribution in [-0.2, 0) is 5.41 Å². The van der Waals surface area contributed by atoms with E-state index in [9.17, 15) is 0 Å². The Morgan fingerprint density at radius 1 is 1.25 bits per heavy atom. The molecule has 16 heavy (non-hydrogen) atoms. The van der Waals surface area contributed by atoms with Crippen molar-refractivity contribution in [3.8, 4) is 0 Å². The van der Waals surface area contributed by atoms with Crippen molar-refractivity contribution < 1.29 is 0 Å². The summed E-state index contributed by atoms with van der Waals surface area (Å²) in [5.41, 5.74) is 2.30. The Bertz CT molecular complexity index is 335. The fraction of sp³-hybridized carbons (Fsp3) is 0.643. The molecule has 0 aliphatic heterocycles. The van der Waals surface area contributed by atoms with Crippen molar-refractivity contribution >= 4 is 0 Å². The molecule has 0 aromatic carbocycles. The lowest BCUT2D eigenvalue weighted by atomic mass is 9.52. The van der Waals surface area contributed by atoms with E-state index in [-0.39, 0.29) is 0 Å². The molecule has 1 aliphatic rings. The third-order valence-corrected chi connectivity index (χ3v) is 3.64. The first-order valence-corrected chi connectivity index (χ1v) is 6.19. The van der Waals surface area contributed by atoms with Crippen molar-refractivity contribution in [2.75, 3.05) is 13.1 Å². The van der Waals surface area contributed by atoms with Gasteiger partial charge in [-0.3, -0.25) is 4.98 Å². The molecule has 88 valence electrons. The summed E-state index contributed by atoms with van der Waals surface area (Å²) in [5.74, 6) is 0. The molecule has 2 rings (SSSR count). The zero-order chi connectivity index (χ0) is 11.6. The highest BCUT2D eigenvalue weighted by Crippen LogP contribution is 2.54. The molecule has 0 unspecified atom stereocenters. The molecule has 2 heteroatoms. The van der Waals surface area contributed by atoms with Gasteiger partial charge >= 0.3 is 0 Å². The molecule has 1 N–H and O–H groups in total. The van der Waals surface area contributed by atoms with Gasteiger partial charge in [0.05, 0.1) is 0 Å². The van der Waals surface area contributed by atoms with Gasteiger partial charge in [0, 0.05) is 24.4 Å². The van der Waals surface area contributed by atoms with E-state index in [1.807, 2.05) is 12.4 Å². The van der Waals surface area contributed by atoms with Crippen LogP contribution in [-0.4, -0.2) is 18.1 Å². The number of hydrogen-bond acceptors (Lipinski definition) is 2. The van der Waals surface area contributed by atoms with Gasteiger partial charge < -0.3 is 5.32 Å². The fourth-order valence-electron chi connectivity index (χ4n) is 3.28. The van der Waals surface area contributed by atoms with Crippen LogP contribution in [0.5, 0.6) is 0 Å². The summed E-state index contributed by atoms with van der Waals surface area (Å²) < 4.78 is 0. The topological polar surface area (TPSA) is 24.9 Å². The predicted octanol–water partition coefficient (Wildman–Crippen LogP) is 2.75. The van der Waals surface area contributed by atoms with Crippen molar-refractivity contribution in [3.05, 3.63) is 30.1 Å². The molecule has 1 aliphatic carbocycles. The third kappa shape index (κ3) is 2.12. The molecule has 1 aromatic rings. The molecule has 0 amide bonds. The number of nitrogens with zero attached hydrogens (tertiary/aromatic N) is 1. The van der Waals surface area contributed by atoms with Crippen molar-refractivity contribution in [1.82, 2.24) is 10.3 Å². The second kappa shape index (κ2) is 4.17. The standard InChI is InChI=1S/C14H22N2/c1-4-15-11-14(9-13(2,3)10-14)12-5-7-16-8-6-12/h5-8,15H,4,9-11H2,1-3H3. The molecule has 0 bridgehead atoms. The second-order valence-corrected chi connectivity index (χ2v) is 5.81. The van der Waals surface area contributed by atoms with Crippen LogP contribution >= 0.6 is 0 Å². The second-order valence-electron chi connectivity index (χ2n) is 5.81. The van der Waals surface area contributed by atoms with E-state index in [2.05, 4.69) is 43.2 Å². The lowest BCUT2D eigenvalue weighted by Gasteiger charge is -2.54. The summed E-state index contributed by atoms with van der Waals surface area (Å²) in [6.45, 7) is 9.03. The molecule has 2 nitrogen and oxygen atoms in total. The third-order valence-electron chi connectivity index (χ3n) is 3.64. The van der Waals surface area contributed by atoms with Crippen LogP contribution < -0.4 is 5.32 Å². The summed E-state index contributed by atoms with van der Waals surface area (Å²) >= 11 is 0. The van der Waals surface area contributed by atoms with Crippen LogP contribution in [0.15, 0.2) is 24.5 Å². The van der Waals surface area contributed by atoms with Crippen LogP contribution in [0.1, 0.15) is 39.2 Å². The van der Waals surface area contributed by atoms with E-state index in [1.165, 1.54) is 18.4 Å². The van der Waals surface area contributed by atoms with Gasteiger partial charge in [-0.2, -0.15) is 0 Å². The number of aromatic nitrogens is 1. The maximum Gasteiger partial charge on any atom is 0.0270 e. The maximum absolute atomic E-state index is 4.11. The van der Waals surface area contributed by atoms with Gasteiger partial charge in [0.2, 0.25) is 0 Å². The lowest BCUT2D eigenvalue weighted by Crippen LogP contribution is -2.52. The van der Waals surface area contributed by atoms with Crippen molar-refractivity contribution in [2.24, 2.45) is 5.41 Å². The van der Waals surface area contributed by atoms with Crippen LogP contribution in [0.3, 0.4) is 0 Å². The van der Waals surface area contributed by atoms with Gasteiger partial charge in [0.15, 0.2) is 0 Å². The average molecular weight is 218 g/mol. The Morgan fingerprint density at radius 2 is 1.88 bits per heavy atom. The Balaban J connectivity index is 2.17. The Labute approximate surface area is 98.5 Å². The summed E-state index contributed by atoms with van der Waals surface area (Å²) in [7, 11) is 0. The molecule has 0 atom stereocenters. The molecule has 0 spiro atoms. The molecule has 1 fully saturated rings. The Hall–Kier alpha value is -0.890. The van der Waals surface area contributed by atoms with Gasteiger partial charge in [-0.25, -0.2) is 0 Å². The lowest BCUT2D eigenvalue weighted by molar-refractivity contribution is 0.0567. The number of likely N-dealkylation sites (N-methyl/N-ethyl adjacent to an activating group) is 1. The Morgan fingerprint density at radius 3 is 2.38 bits per heavy atom. The Kier molecular flexibility index (Phi) is 3.02. The van der Waals surface area contributed by atoms with Crippen LogP contribution in [0.25, 0.3) is 0 Å². The summed E-state index contributed by atoms with van der Waals surface area (Å²) in [6.07, 6.45) is 6.37. The summed E-state index contributed by atoms with van der Waals surface area (Å²) in [4.78, 5) is 4.11. The van der Waals surface area contributed by atoms with Gasteiger partial charge in [-0.15, -0.1) is 0 Å². The molecule has 0 radical (unpaired) electrons. The van der Waals surface area contributed by atoms with Crippen LogP contribution in [0.4, 0.5) is 0 Å². The van der Waals surface area contributed by atoms with Gasteiger partial charge in [0.1, 0.15) is 0 Å². The minimum atomic E-state index is 0.350. The first-order chi connectivity index (χ1) is 7.58. The van der Waals surface area contributed by atoms with Gasteiger partial charge in [-0.05, 0) is 42.5 Å². The molecular formula is C14H22N2. The summed E-state index contributed by atoms with van der Waals surface area (Å²) in [6, 6.07) is 4.35. The number of pyridine rings is 1. The van der Waals surface area contributed by atoms with Crippen molar-refractivity contribution in [2.45, 2.75) is 39.0 Å². The van der Waals surface area contributed by atoms with E-state index in [0.717, 1.165) is 13.1 Å². The van der Waals surface area contributed by atoms with E-state index >= 15 is 0 Å². The highest BCUT2D eigenvalue weighted by molar-refractivity contribution is 5.29. The van der Waals surface area contributed by atoms with Crippen LogP contribution in [0, 0.1) is 5.41 Å². The van der Waals surface area contributed by atoms with E-state index in [1.54, 1.807) is 0 Å². The quantitative estimate of drug-likeness (QED) is 0.840. The zero-order valence-electron chi connectivity index (χ0n) is 10.6. The van der Waals surface area contributed by atoms with Crippen molar-refractivity contribution in [1.29, 1.82) is 0 Å². The first kappa shape index (κ1) is 11.6. The zero-order valence-corrected chi connectivity index (χ0v) is 10.6. The first-order valence-electron chi connectivity index (χ1n) is 6.19.